The molecule has 0 aliphatic carbocycles. The zero-order chi connectivity index (χ0) is 10.3. The van der Waals surface area contributed by atoms with E-state index in [0.717, 1.165) is 24.5 Å². The second-order valence-corrected chi connectivity index (χ2v) is 4.33. The molecule has 0 fully saturated rings. The highest BCUT2D eigenvalue weighted by Crippen LogP contribution is 2.39. The topological polar surface area (TPSA) is 43.8 Å². The van der Waals surface area contributed by atoms with Crippen LogP contribution < -0.4 is 9.80 Å². The van der Waals surface area contributed by atoms with Gasteiger partial charge in [-0.05, 0) is 0 Å². The van der Waals surface area contributed by atoms with Gasteiger partial charge in [0.05, 0.1) is 11.4 Å². The number of nitrogens with zero attached hydrogens (tertiary/aromatic N) is 2. The molecule has 0 saturated heterocycles. The van der Waals surface area contributed by atoms with E-state index in [-0.39, 0.29) is 0 Å². The number of hydrogen-bond donors (Lipinski definition) is 1. The molecule has 2 rings (SSSR count). The maximum absolute atomic E-state index is 11.0. The lowest BCUT2D eigenvalue weighted by molar-refractivity contribution is 0.0703. The fourth-order valence-corrected chi connectivity index (χ4v) is 2.66. The van der Waals surface area contributed by atoms with Gasteiger partial charge in [0.1, 0.15) is 4.88 Å². The molecule has 14 heavy (non-hydrogen) atoms. The van der Waals surface area contributed by atoms with E-state index in [1.807, 2.05) is 24.4 Å². The summed E-state index contributed by atoms with van der Waals surface area (Å²) in [6.07, 6.45) is 0. The molecule has 0 spiro atoms. The molecule has 0 atom stereocenters. The summed E-state index contributed by atoms with van der Waals surface area (Å²) < 4.78 is 0. The Labute approximate surface area is 86.4 Å². The van der Waals surface area contributed by atoms with E-state index in [9.17, 15) is 4.79 Å². The number of anilines is 2. The van der Waals surface area contributed by atoms with Gasteiger partial charge in [-0.2, -0.15) is 0 Å². The Hall–Kier alpha value is -1.23. The van der Waals surface area contributed by atoms with Gasteiger partial charge in [0.15, 0.2) is 0 Å². The van der Waals surface area contributed by atoms with E-state index >= 15 is 0 Å². The summed E-state index contributed by atoms with van der Waals surface area (Å²) in [4.78, 5) is 15.5. The van der Waals surface area contributed by atoms with Gasteiger partial charge in [-0.15, -0.1) is 11.3 Å². The molecule has 1 N–H and O–H groups in total. The van der Waals surface area contributed by atoms with Crippen LogP contribution in [-0.2, 0) is 0 Å². The Morgan fingerprint density at radius 1 is 1.43 bits per heavy atom. The first-order valence-corrected chi connectivity index (χ1v) is 5.26. The summed E-state index contributed by atoms with van der Waals surface area (Å²) in [5.41, 5.74) is 1.89. The number of aromatic carboxylic acids is 1. The normalized spacial score (nSPS) is 15.6. The second kappa shape index (κ2) is 3.16. The number of rotatable bonds is 1. The highest BCUT2D eigenvalue weighted by atomic mass is 32.1. The van der Waals surface area contributed by atoms with Crippen molar-refractivity contribution in [2.45, 2.75) is 0 Å². The maximum atomic E-state index is 11.0. The van der Waals surface area contributed by atoms with Crippen molar-refractivity contribution in [3.05, 3.63) is 10.3 Å². The number of hydrogen-bond acceptors (Lipinski definition) is 4. The van der Waals surface area contributed by atoms with Gasteiger partial charge in [-0.1, -0.05) is 0 Å². The first kappa shape index (κ1) is 9.33. The Morgan fingerprint density at radius 2 is 2.07 bits per heavy atom. The lowest BCUT2D eigenvalue weighted by Gasteiger charge is -2.32. The SMILES string of the molecule is CN1CCN(C)c2c1csc2C(=O)O. The van der Waals surface area contributed by atoms with E-state index in [0.29, 0.717) is 4.88 Å². The lowest BCUT2D eigenvalue weighted by Crippen LogP contribution is -2.36. The van der Waals surface area contributed by atoms with Crippen LogP contribution in [0.5, 0.6) is 0 Å². The van der Waals surface area contributed by atoms with Crippen LogP contribution in [0.25, 0.3) is 0 Å². The average molecular weight is 212 g/mol. The molecule has 1 aliphatic heterocycles. The van der Waals surface area contributed by atoms with Gasteiger partial charge in [0, 0.05) is 32.6 Å². The highest BCUT2D eigenvalue weighted by Gasteiger charge is 2.25. The van der Waals surface area contributed by atoms with Crippen LogP contribution in [0.15, 0.2) is 5.38 Å². The highest BCUT2D eigenvalue weighted by molar-refractivity contribution is 7.13. The van der Waals surface area contributed by atoms with Crippen LogP contribution in [0, 0.1) is 0 Å². The minimum atomic E-state index is -0.835. The minimum absolute atomic E-state index is 0.439. The molecule has 0 bridgehead atoms. The van der Waals surface area contributed by atoms with Gasteiger partial charge < -0.3 is 14.9 Å². The third kappa shape index (κ3) is 1.24. The Bertz CT molecular complexity index is 375. The lowest BCUT2D eigenvalue weighted by atomic mass is 10.2. The minimum Gasteiger partial charge on any atom is -0.477 e. The summed E-state index contributed by atoms with van der Waals surface area (Å²) >= 11 is 1.30. The molecule has 0 saturated carbocycles. The van der Waals surface area contributed by atoms with Gasteiger partial charge in [0.25, 0.3) is 0 Å². The fraction of sp³-hybridized carbons (Fsp3) is 0.444. The molecule has 2 heterocycles. The number of carboxylic acids is 1. The van der Waals surface area contributed by atoms with Crippen molar-refractivity contribution in [3.63, 3.8) is 0 Å². The maximum Gasteiger partial charge on any atom is 0.348 e. The van der Waals surface area contributed by atoms with E-state index < -0.39 is 5.97 Å². The average Bonchev–Trinajstić information content (AvgIpc) is 2.56. The van der Waals surface area contributed by atoms with Crippen LogP contribution in [0.2, 0.25) is 0 Å². The van der Waals surface area contributed by atoms with E-state index in [4.69, 9.17) is 5.11 Å². The molecule has 5 heteroatoms. The molecular weight excluding hydrogens is 200 g/mol. The number of likely N-dealkylation sites (N-methyl/N-ethyl adjacent to an activating group) is 2. The standard InChI is InChI=1S/C9H12N2O2S/c1-10-3-4-11(2)7-6(10)5-14-8(7)9(12)13/h5H,3-4H2,1-2H3,(H,12,13). The summed E-state index contributed by atoms with van der Waals surface area (Å²) in [7, 11) is 3.93. The third-order valence-corrected chi connectivity index (χ3v) is 3.45. The van der Waals surface area contributed by atoms with Gasteiger partial charge in [-0.3, -0.25) is 0 Å². The summed E-state index contributed by atoms with van der Waals surface area (Å²) in [6, 6.07) is 0. The molecule has 4 nitrogen and oxygen atoms in total. The van der Waals surface area contributed by atoms with Gasteiger partial charge in [-0.25, -0.2) is 4.79 Å². The van der Waals surface area contributed by atoms with Crippen molar-refractivity contribution in [1.82, 2.24) is 0 Å². The van der Waals surface area contributed by atoms with Crippen molar-refractivity contribution < 1.29 is 9.90 Å². The summed E-state index contributed by atoms with van der Waals surface area (Å²) in [5.74, 6) is -0.835. The second-order valence-electron chi connectivity index (χ2n) is 3.45. The molecule has 1 aliphatic rings. The van der Waals surface area contributed by atoms with Crippen molar-refractivity contribution in [2.24, 2.45) is 0 Å². The zero-order valence-electron chi connectivity index (χ0n) is 8.15. The van der Waals surface area contributed by atoms with Crippen LogP contribution >= 0.6 is 11.3 Å². The third-order valence-electron chi connectivity index (χ3n) is 2.50. The molecule has 76 valence electrons. The number of thiophene rings is 1. The van der Waals surface area contributed by atoms with Gasteiger partial charge >= 0.3 is 5.97 Å². The smallest absolute Gasteiger partial charge is 0.348 e. The number of carbonyl (C=O) groups is 1. The van der Waals surface area contributed by atoms with Crippen molar-refractivity contribution in [2.75, 3.05) is 37.0 Å². The van der Waals surface area contributed by atoms with Crippen LogP contribution in [0.4, 0.5) is 11.4 Å². The Balaban J connectivity index is 2.53. The first-order chi connectivity index (χ1) is 6.61. The fourth-order valence-electron chi connectivity index (χ4n) is 1.67. The van der Waals surface area contributed by atoms with E-state index in [1.54, 1.807) is 0 Å². The first-order valence-electron chi connectivity index (χ1n) is 4.38. The summed E-state index contributed by atoms with van der Waals surface area (Å²) in [6.45, 7) is 1.82. The van der Waals surface area contributed by atoms with E-state index in [1.165, 1.54) is 11.3 Å². The monoisotopic (exact) mass is 212 g/mol. The number of carboxylic acid groups (broad SMARTS) is 1. The molecule has 0 aromatic carbocycles. The quantitative estimate of drug-likeness (QED) is 0.762. The predicted molar refractivity (Wildman–Crippen MR) is 57.8 cm³/mol. The van der Waals surface area contributed by atoms with Crippen molar-refractivity contribution in [1.29, 1.82) is 0 Å². The molecule has 1 aromatic heterocycles. The molecule has 0 amide bonds. The number of fused-ring (bicyclic) bond motifs is 1. The van der Waals surface area contributed by atoms with Crippen molar-refractivity contribution >= 4 is 28.7 Å². The molecule has 0 unspecified atom stereocenters. The Kier molecular flexibility index (Phi) is 2.11. The van der Waals surface area contributed by atoms with E-state index in [2.05, 4.69) is 4.90 Å². The summed E-state index contributed by atoms with van der Waals surface area (Å²) in [5, 5.41) is 10.9. The molecular formula is C9H12N2O2S. The van der Waals surface area contributed by atoms with Crippen molar-refractivity contribution in [3.8, 4) is 0 Å². The van der Waals surface area contributed by atoms with Crippen LogP contribution in [0.1, 0.15) is 9.67 Å². The molecule has 1 aromatic rings. The predicted octanol–water partition coefficient (Wildman–Crippen LogP) is 1.33. The van der Waals surface area contributed by atoms with Gasteiger partial charge in [0.2, 0.25) is 0 Å². The zero-order valence-corrected chi connectivity index (χ0v) is 8.97. The Morgan fingerprint density at radius 3 is 2.71 bits per heavy atom. The molecule has 0 radical (unpaired) electrons. The van der Waals surface area contributed by atoms with Crippen LogP contribution in [0.3, 0.4) is 0 Å². The largest absolute Gasteiger partial charge is 0.477 e. The van der Waals surface area contributed by atoms with Crippen LogP contribution in [-0.4, -0.2) is 38.3 Å².